The topological polar surface area (TPSA) is 81.0 Å². The molecular formula is C11H10ClN3O2. The van der Waals surface area contributed by atoms with Gasteiger partial charge in [0.25, 0.3) is 5.56 Å². The van der Waals surface area contributed by atoms with Crippen LogP contribution in [0.2, 0.25) is 5.02 Å². The highest BCUT2D eigenvalue weighted by molar-refractivity contribution is 6.31. The molecule has 0 bridgehead atoms. The van der Waals surface area contributed by atoms with Crippen LogP contribution in [0, 0.1) is 6.92 Å². The fraction of sp³-hybridized carbons (Fsp3) is 0.0909. The lowest BCUT2D eigenvalue weighted by Gasteiger charge is -2.08. The summed E-state index contributed by atoms with van der Waals surface area (Å²) in [5.74, 6) is 0.456. The number of anilines is 1. The van der Waals surface area contributed by atoms with Gasteiger partial charge in [0.05, 0.1) is 12.0 Å². The van der Waals surface area contributed by atoms with Crippen LogP contribution in [0.5, 0.6) is 11.6 Å². The smallest absolute Gasteiger partial charge is 0.273 e. The molecule has 1 heterocycles. The summed E-state index contributed by atoms with van der Waals surface area (Å²) in [5.41, 5.74) is 6.72. The fourth-order valence-corrected chi connectivity index (χ4v) is 1.41. The maximum Gasteiger partial charge on any atom is 0.273 e. The Morgan fingerprint density at radius 2 is 2.24 bits per heavy atom. The first-order valence-corrected chi connectivity index (χ1v) is 5.23. The summed E-state index contributed by atoms with van der Waals surface area (Å²) < 4.78 is 5.41. The van der Waals surface area contributed by atoms with E-state index in [1.165, 1.54) is 6.33 Å². The first kappa shape index (κ1) is 11.5. The molecule has 88 valence electrons. The van der Waals surface area contributed by atoms with Gasteiger partial charge in [-0.05, 0) is 24.6 Å². The number of aromatic nitrogens is 2. The molecule has 5 nitrogen and oxygen atoms in total. The van der Waals surface area contributed by atoms with Gasteiger partial charge < -0.3 is 15.5 Å². The quantitative estimate of drug-likeness (QED) is 0.801. The van der Waals surface area contributed by atoms with Crippen molar-refractivity contribution in [2.45, 2.75) is 6.92 Å². The molecule has 1 aromatic carbocycles. The van der Waals surface area contributed by atoms with Gasteiger partial charge in [-0.15, -0.1) is 0 Å². The fourth-order valence-electron chi connectivity index (χ4n) is 1.27. The van der Waals surface area contributed by atoms with E-state index in [4.69, 9.17) is 22.1 Å². The molecule has 6 heteroatoms. The van der Waals surface area contributed by atoms with Crippen molar-refractivity contribution in [2.75, 3.05) is 5.73 Å². The van der Waals surface area contributed by atoms with Crippen LogP contribution < -0.4 is 16.0 Å². The third-order valence-corrected chi connectivity index (χ3v) is 2.47. The predicted octanol–water partition coefficient (Wildman–Crippen LogP) is 2.11. The molecule has 0 fully saturated rings. The Balaban J connectivity index is 2.41. The third kappa shape index (κ3) is 2.39. The Morgan fingerprint density at radius 3 is 3.00 bits per heavy atom. The number of nitrogens with one attached hydrogen (secondary N) is 1. The predicted molar refractivity (Wildman–Crippen MR) is 65.5 cm³/mol. The van der Waals surface area contributed by atoms with Gasteiger partial charge in [0.15, 0.2) is 10.8 Å². The standard InChI is InChI=1S/C11H10ClN3O2/c1-6-2-3-7(13)8(4-6)17-11-9(12)10(16)14-5-15-11/h2-5H,13H2,1H3,(H,14,15,16). The number of rotatable bonds is 2. The van der Waals surface area contributed by atoms with E-state index < -0.39 is 5.56 Å². The molecule has 1 aromatic heterocycles. The zero-order chi connectivity index (χ0) is 12.4. The second-order valence-corrected chi connectivity index (χ2v) is 3.87. The SMILES string of the molecule is Cc1ccc(N)c(Oc2nc[nH]c(=O)c2Cl)c1. The number of aryl methyl sites for hydroxylation is 1. The zero-order valence-electron chi connectivity index (χ0n) is 9.03. The average Bonchev–Trinajstić information content (AvgIpc) is 2.30. The summed E-state index contributed by atoms with van der Waals surface area (Å²) in [7, 11) is 0. The Labute approximate surface area is 102 Å². The molecule has 0 saturated heterocycles. The Morgan fingerprint density at radius 1 is 1.47 bits per heavy atom. The Bertz CT molecular complexity index is 610. The van der Waals surface area contributed by atoms with E-state index in [1.807, 2.05) is 13.0 Å². The molecule has 3 N–H and O–H groups in total. The van der Waals surface area contributed by atoms with Crippen LogP contribution in [0.25, 0.3) is 0 Å². The zero-order valence-corrected chi connectivity index (χ0v) is 9.78. The van der Waals surface area contributed by atoms with Crippen molar-refractivity contribution in [3.05, 3.63) is 45.5 Å². The molecule has 0 spiro atoms. The minimum atomic E-state index is -0.456. The first-order valence-electron chi connectivity index (χ1n) is 4.85. The molecule has 0 radical (unpaired) electrons. The van der Waals surface area contributed by atoms with Crippen molar-refractivity contribution in [1.29, 1.82) is 0 Å². The first-order chi connectivity index (χ1) is 8.08. The van der Waals surface area contributed by atoms with Gasteiger partial charge in [-0.2, -0.15) is 0 Å². The van der Waals surface area contributed by atoms with E-state index in [-0.39, 0.29) is 10.9 Å². The summed E-state index contributed by atoms with van der Waals surface area (Å²) in [6.07, 6.45) is 1.22. The second kappa shape index (κ2) is 4.47. The highest BCUT2D eigenvalue weighted by Crippen LogP contribution is 2.29. The number of nitrogens with zero attached hydrogens (tertiary/aromatic N) is 1. The van der Waals surface area contributed by atoms with Crippen LogP contribution in [0.1, 0.15) is 5.56 Å². The van der Waals surface area contributed by atoms with Crippen molar-refractivity contribution in [3.63, 3.8) is 0 Å². The lowest BCUT2D eigenvalue weighted by atomic mass is 10.2. The van der Waals surface area contributed by atoms with E-state index in [1.54, 1.807) is 12.1 Å². The lowest BCUT2D eigenvalue weighted by Crippen LogP contribution is -2.08. The number of benzene rings is 1. The summed E-state index contributed by atoms with van der Waals surface area (Å²) in [6.45, 7) is 1.90. The number of halogens is 1. The molecule has 0 unspecified atom stereocenters. The second-order valence-electron chi connectivity index (χ2n) is 3.49. The number of ether oxygens (including phenoxy) is 1. The lowest BCUT2D eigenvalue weighted by molar-refractivity contribution is 0.462. The molecule has 0 aliphatic heterocycles. The van der Waals surface area contributed by atoms with Crippen LogP contribution in [0.4, 0.5) is 5.69 Å². The largest absolute Gasteiger partial charge is 0.435 e. The van der Waals surface area contributed by atoms with Crippen LogP contribution in [0.15, 0.2) is 29.3 Å². The van der Waals surface area contributed by atoms with Crippen LogP contribution in [-0.2, 0) is 0 Å². The minimum Gasteiger partial charge on any atom is -0.435 e. The highest BCUT2D eigenvalue weighted by atomic mass is 35.5. The maximum absolute atomic E-state index is 11.2. The Hall–Kier alpha value is -2.01. The van der Waals surface area contributed by atoms with Gasteiger partial charge in [0, 0.05) is 0 Å². The molecular weight excluding hydrogens is 242 g/mol. The minimum absolute atomic E-state index is 0.0349. The normalized spacial score (nSPS) is 10.2. The van der Waals surface area contributed by atoms with Gasteiger partial charge in [0.1, 0.15) is 0 Å². The number of hydrogen-bond acceptors (Lipinski definition) is 4. The van der Waals surface area contributed by atoms with Crippen molar-refractivity contribution in [3.8, 4) is 11.6 Å². The van der Waals surface area contributed by atoms with Crippen LogP contribution in [-0.4, -0.2) is 9.97 Å². The van der Waals surface area contributed by atoms with E-state index in [0.717, 1.165) is 5.56 Å². The molecule has 17 heavy (non-hydrogen) atoms. The van der Waals surface area contributed by atoms with E-state index in [0.29, 0.717) is 11.4 Å². The number of nitrogens with two attached hydrogens (primary N) is 1. The van der Waals surface area contributed by atoms with Crippen LogP contribution >= 0.6 is 11.6 Å². The Kier molecular flexibility index (Phi) is 3.01. The van der Waals surface area contributed by atoms with E-state index in [9.17, 15) is 4.79 Å². The maximum atomic E-state index is 11.2. The monoisotopic (exact) mass is 251 g/mol. The molecule has 0 amide bonds. The number of H-pyrrole nitrogens is 1. The van der Waals surface area contributed by atoms with Crippen molar-refractivity contribution in [2.24, 2.45) is 0 Å². The van der Waals surface area contributed by atoms with Crippen molar-refractivity contribution in [1.82, 2.24) is 9.97 Å². The average molecular weight is 252 g/mol. The number of aromatic amines is 1. The molecule has 2 aromatic rings. The molecule has 0 aliphatic carbocycles. The van der Waals surface area contributed by atoms with E-state index >= 15 is 0 Å². The van der Waals surface area contributed by atoms with Gasteiger partial charge in [-0.25, -0.2) is 4.98 Å². The molecule has 0 saturated carbocycles. The highest BCUT2D eigenvalue weighted by Gasteiger charge is 2.10. The van der Waals surface area contributed by atoms with Crippen LogP contribution in [0.3, 0.4) is 0 Å². The van der Waals surface area contributed by atoms with Gasteiger partial charge in [-0.1, -0.05) is 17.7 Å². The summed E-state index contributed by atoms with van der Waals surface area (Å²) in [6, 6.07) is 5.31. The third-order valence-electron chi connectivity index (χ3n) is 2.14. The van der Waals surface area contributed by atoms with E-state index in [2.05, 4.69) is 9.97 Å². The van der Waals surface area contributed by atoms with Gasteiger partial charge in [0.2, 0.25) is 5.88 Å². The molecule has 2 rings (SSSR count). The molecule has 0 atom stereocenters. The molecule has 0 aliphatic rings. The number of hydrogen-bond donors (Lipinski definition) is 2. The summed E-state index contributed by atoms with van der Waals surface area (Å²) >= 11 is 5.76. The van der Waals surface area contributed by atoms with Gasteiger partial charge >= 0.3 is 0 Å². The van der Waals surface area contributed by atoms with Crippen molar-refractivity contribution < 1.29 is 4.74 Å². The summed E-state index contributed by atoms with van der Waals surface area (Å²) in [4.78, 5) is 17.4. The number of nitrogen functional groups attached to an aromatic ring is 1. The van der Waals surface area contributed by atoms with Crippen molar-refractivity contribution >= 4 is 17.3 Å². The van der Waals surface area contributed by atoms with Gasteiger partial charge in [-0.3, -0.25) is 4.79 Å². The summed E-state index contributed by atoms with van der Waals surface area (Å²) in [5, 5.41) is -0.103.